The molecule has 0 spiro atoms. The third-order valence-electron chi connectivity index (χ3n) is 2.43. The molecule has 1 atom stereocenters. The van der Waals surface area contributed by atoms with Crippen molar-refractivity contribution in [1.82, 2.24) is 0 Å². The molecule has 0 aliphatic carbocycles. The smallest absolute Gasteiger partial charge is 0.162 e. The highest BCUT2D eigenvalue weighted by atomic mass is 35.5. The average Bonchev–Trinajstić information content (AvgIpc) is 2.25. The Balaban J connectivity index is 2.01. The van der Waals surface area contributed by atoms with Gasteiger partial charge in [0.2, 0.25) is 0 Å². The first-order chi connectivity index (χ1) is 7.94. The van der Waals surface area contributed by atoms with Gasteiger partial charge in [-0.1, -0.05) is 11.6 Å². The highest BCUT2D eigenvalue weighted by Crippen LogP contribution is 2.34. The van der Waals surface area contributed by atoms with Gasteiger partial charge in [0.15, 0.2) is 11.5 Å². The molecule has 1 heterocycles. The Kier molecular flexibility index (Phi) is 3.49. The predicted octanol–water partition coefficient (Wildman–Crippen LogP) is 1.91. The summed E-state index contributed by atoms with van der Waals surface area (Å²) in [5.41, 5.74) is 0. The maximum absolute atomic E-state index is 11.1. The number of fused-ring (bicyclic) bond motifs is 1. The molecule has 1 aromatic carbocycles. The van der Waals surface area contributed by atoms with E-state index in [9.17, 15) is 8.42 Å². The van der Waals surface area contributed by atoms with E-state index in [0.29, 0.717) is 29.5 Å². The van der Waals surface area contributed by atoms with Crippen LogP contribution in [0.5, 0.6) is 11.5 Å². The van der Waals surface area contributed by atoms with E-state index in [2.05, 4.69) is 0 Å². The predicted molar refractivity (Wildman–Crippen MR) is 65.7 cm³/mol. The van der Waals surface area contributed by atoms with Crippen LogP contribution in [-0.2, 0) is 9.84 Å². The van der Waals surface area contributed by atoms with Gasteiger partial charge < -0.3 is 9.47 Å². The Morgan fingerprint density at radius 2 is 2.18 bits per heavy atom. The minimum atomic E-state index is -2.96. The second kappa shape index (κ2) is 4.74. The summed E-state index contributed by atoms with van der Waals surface area (Å²) in [5, 5.41) is 0.585. The number of hydrogen-bond acceptors (Lipinski definition) is 4. The molecule has 0 N–H and O–H groups in total. The van der Waals surface area contributed by atoms with Gasteiger partial charge in [-0.25, -0.2) is 8.42 Å². The van der Waals surface area contributed by atoms with Crippen LogP contribution in [0.4, 0.5) is 0 Å². The Bertz CT molecular complexity index is 512. The number of halogens is 1. The maximum atomic E-state index is 11.1. The van der Waals surface area contributed by atoms with Crippen molar-refractivity contribution in [3.05, 3.63) is 23.2 Å². The Labute approximate surface area is 105 Å². The number of hydrogen-bond donors (Lipinski definition) is 0. The minimum Gasteiger partial charge on any atom is -0.486 e. The summed E-state index contributed by atoms with van der Waals surface area (Å²) >= 11 is 5.82. The SMILES string of the molecule is CS(=O)(=O)CC[C@H]1COc2cc(Cl)ccc2O1. The zero-order valence-electron chi connectivity index (χ0n) is 9.35. The molecule has 1 aliphatic rings. The molecule has 0 saturated carbocycles. The van der Waals surface area contributed by atoms with E-state index >= 15 is 0 Å². The highest BCUT2D eigenvalue weighted by molar-refractivity contribution is 7.90. The van der Waals surface area contributed by atoms with Crippen molar-refractivity contribution in [2.24, 2.45) is 0 Å². The lowest BCUT2D eigenvalue weighted by Gasteiger charge is -2.26. The van der Waals surface area contributed by atoms with E-state index in [1.807, 2.05) is 0 Å². The van der Waals surface area contributed by atoms with Gasteiger partial charge in [0.1, 0.15) is 22.5 Å². The van der Waals surface area contributed by atoms with E-state index in [0.717, 1.165) is 0 Å². The van der Waals surface area contributed by atoms with E-state index < -0.39 is 9.84 Å². The molecule has 4 nitrogen and oxygen atoms in total. The van der Waals surface area contributed by atoms with Crippen molar-refractivity contribution in [3.8, 4) is 11.5 Å². The molecule has 0 unspecified atom stereocenters. The summed E-state index contributed by atoms with van der Waals surface area (Å²) in [5.74, 6) is 1.32. The third-order valence-corrected chi connectivity index (χ3v) is 3.65. The summed E-state index contributed by atoms with van der Waals surface area (Å²) in [6.07, 6.45) is 1.42. The van der Waals surface area contributed by atoms with Gasteiger partial charge in [-0.2, -0.15) is 0 Å². The monoisotopic (exact) mass is 276 g/mol. The fourth-order valence-corrected chi connectivity index (χ4v) is 2.43. The van der Waals surface area contributed by atoms with Gasteiger partial charge in [0, 0.05) is 23.8 Å². The average molecular weight is 277 g/mol. The zero-order valence-corrected chi connectivity index (χ0v) is 10.9. The van der Waals surface area contributed by atoms with Crippen molar-refractivity contribution in [2.45, 2.75) is 12.5 Å². The van der Waals surface area contributed by atoms with E-state index in [1.165, 1.54) is 6.26 Å². The van der Waals surface area contributed by atoms with Gasteiger partial charge in [-0.3, -0.25) is 0 Å². The molecule has 0 bridgehead atoms. The fourth-order valence-electron chi connectivity index (χ4n) is 1.58. The Hall–Kier alpha value is -0.940. The largest absolute Gasteiger partial charge is 0.486 e. The van der Waals surface area contributed by atoms with Crippen LogP contribution in [0.3, 0.4) is 0 Å². The molecule has 1 aliphatic heterocycles. The van der Waals surface area contributed by atoms with Crippen molar-refractivity contribution in [1.29, 1.82) is 0 Å². The first-order valence-electron chi connectivity index (χ1n) is 5.21. The molecule has 2 rings (SSSR count). The lowest BCUT2D eigenvalue weighted by atomic mass is 10.2. The topological polar surface area (TPSA) is 52.6 Å². The van der Waals surface area contributed by atoms with E-state index in [1.54, 1.807) is 18.2 Å². The van der Waals surface area contributed by atoms with Gasteiger partial charge in [0.05, 0.1) is 5.75 Å². The summed E-state index contributed by atoms with van der Waals surface area (Å²) in [4.78, 5) is 0. The summed E-state index contributed by atoms with van der Waals surface area (Å²) in [7, 11) is -2.96. The third kappa shape index (κ3) is 3.51. The number of ether oxygens (including phenoxy) is 2. The molecule has 0 amide bonds. The molecule has 0 aromatic heterocycles. The summed E-state index contributed by atoms with van der Waals surface area (Å²) in [6.45, 7) is 0.350. The van der Waals surface area contributed by atoms with Crippen LogP contribution in [0, 0.1) is 0 Å². The molecule has 1 aromatic rings. The van der Waals surface area contributed by atoms with Gasteiger partial charge in [-0.15, -0.1) is 0 Å². The quantitative estimate of drug-likeness (QED) is 0.846. The molecule has 17 heavy (non-hydrogen) atoms. The summed E-state index contributed by atoms with van der Waals surface area (Å²) < 4.78 is 33.2. The highest BCUT2D eigenvalue weighted by Gasteiger charge is 2.22. The van der Waals surface area contributed by atoms with Gasteiger partial charge in [0.25, 0.3) is 0 Å². The maximum Gasteiger partial charge on any atom is 0.162 e. The standard InChI is InChI=1S/C11H13ClO4S/c1-17(13,14)5-4-9-7-15-11-6-8(12)2-3-10(11)16-9/h2-3,6,9H,4-5,7H2,1H3/t9-/m0/s1. The van der Waals surface area contributed by atoms with Crippen LogP contribution in [-0.4, -0.2) is 33.1 Å². The van der Waals surface area contributed by atoms with E-state index in [4.69, 9.17) is 21.1 Å². The van der Waals surface area contributed by atoms with Crippen LogP contribution in [0.15, 0.2) is 18.2 Å². The first kappa shape index (κ1) is 12.5. The lowest BCUT2D eigenvalue weighted by molar-refractivity contribution is 0.0890. The Morgan fingerprint density at radius 1 is 1.41 bits per heavy atom. The normalized spacial score (nSPS) is 19.1. The lowest BCUT2D eigenvalue weighted by Crippen LogP contribution is -2.30. The van der Waals surface area contributed by atoms with Crippen LogP contribution in [0.1, 0.15) is 6.42 Å². The minimum absolute atomic E-state index is 0.101. The van der Waals surface area contributed by atoms with Gasteiger partial charge in [-0.05, 0) is 12.1 Å². The second-order valence-electron chi connectivity index (χ2n) is 4.06. The fraction of sp³-hybridized carbons (Fsp3) is 0.455. The Morgan fingerprint density at radius 3 is 2.88 bits per heavy atom. The van der Waals surface area contributed by atoms with Crippen molar-refractivity contribution in [2.75, 3.05) is 18.6 Å². The molecule has 0 saturated heterocycles. The number of benzene rings is 1. The second-order valence-corrected chi connectivity index (χ2v) is 6.76. The molecular weight excluding hydrogens is 264 g/mol. The van der Waals surface area contributed by atoms with Crippen LogP contribution < -0.4 is 9.47 Å². The number of sulfone groups is 1. The molecule has 94 valence electrons. The molecule has 0 radical (unpaired) electrons. The molecular formula is C11H13ClO4S. The van der Waals surface area contributed by atoms with Crippen molar-refractivity contribution >= 4 is 21.4 Å². The van der Waals surface area contributed by atoms with Gasteiger partial charge >= 0.3 is 0 Å². The first-order valence-corrected chi connectivity index (χ1v) is 7.64. The summed E-state index contributed by atoms with van der Waals surface area (Å²) in [6, 6.07) is 5.12. The van der Waals surface area contributed by atoms with Crippen LogP contribution in [0.25, 0.3) is 0 Å². The van der Waals surface area contributed by atoms with Crippen LogP contribution in [0.2, 0.25) is 5.02 Å². The number of rotatable bonds is 3. The van der Waals surface area contributed by atoms with E-state index in [-0.39, 0.29) is 11.9 Å². The van der Waals surface area contributed by atoms with Crippen molar-refractivity contribution < 1.29 is 17.9 Å². The molecule has 0 fully saturated rings. The zero-order chi connectivity index (χ0) is 12.5. The van der Waals surface area contributed by atoms with Crippen LogP contribution >= 0.6 is 11.6 Å². The van der Waals surface area contributed by atoms with Crippen molar-refractivity contribution in [3.63, 3.8) is 0 Å². The molecule has 6 heteroatoms.